The van der Waals surface area contributed by atoms with Gasteiger partial charge in [0.2, 0.25) is 0 Å². The molecule has 0 bridgehead atoms. The zero-order valence-electron chi connectivity index (χ0n) is 23.4. The molecule has 0 saturated carbocycles. The lowest BCUT2D eigenvalue weighted by Gasteiger charge is -2.21. The van der Waals surface area contributed by atoms with Gasteiger partial charge in [-0.25, -0.2) is 0 Å². The number of unbranched alkanes of at least 4 members (excludes halogenated alkanes) is 1. The highest BCUT2D eigenvalue weighted by Crippen LogP contribution is 2.38. The number of aromatic amines is 1. The third-order valence-electron chi connectivity index (χ3n) is 7.42. The largest absolute Gasteiger partial charge is 0.508 e. The molecular weight excluding hydrogens is 486 g/mol. The summed E-state index contributed by atoms with van der Waals surface area (Å²) in [6.45, 7) is 11.0. The van der Waals surface area contributed by atoms with Crippen molar-refractivity contribution in [1.82, 2.24) is 15.4 Å². The second kappa shape index (κ2) is 12.5. The number of para-hydroxylation sites is 3. The lowest BCUT2D eigenvalue weighted by Crippen LogP contribution is -2.03. The molecular formula is C33H37N3O3. The van der Waals surface area contributed by atoms with Crippen molar-refractivity contribution >= 4 is 11.0 Å². The molecule has 0 aliphatic carbocycles. The average Bonchev–Trinajstić information content (AvgIpc) is 3.43. The maximum atomic E-state index is 9.58. The van der Waals surface area contributed by atoms with Crippen LogP contribution < -0.4 is 4.74 Å². The maximum Gasteiger partial charge on any atom is 0.157 e. The van der Waals surface area contributed by atoms with E-state index >= 15 is 0 Å². The summed E-state index contributed by atoms with van der Waals surface area (Å²) in [4.78, 5) is 0. The van der Waals surface area contributed by atoms with Crippen LogP contribution in [0.25, 0.3) is 11.0 Å². The van der Waals surface area contributed by atoms with Gasteiger partial charge in [-0.1, -0.05) is 55.8 Å². The van der Waals surface area contributed by atoms with E-state index in [2.05, 4.69) is 50.0 Å². The molecule has 0 fully saturated rings. The SMILES string of the molecule is CCCCc1c(C)c(C)c(C)c(C)c1Oc1cccc2n[nH]nc12.Oc1ccccc1Cc1ccccc1O. The molecule has 0 saturated heterocycles. The van der Waals surface area contributed by atoms with Gasteiger partial charge in [0.15, 0.2) is 11.3 Å². The summed E-state index contributed by atoms with van der Waals surface area (Å²) in [5.41, 5.74) is 9.77. The molecule has 3 N–H and O–H groups in total. The number of benzene rings is 4. The summed E-state index contributed by atoms with van der Waals surface area (Å²) >= 11 is 0. The summed E-state index contributed by atoms with van der Waals surface area (Å²) in [6.07, 6.45) is 3.91. The predicted molar refractivity (Wildman–Crippen MR) is 157 cm³/mol. The Morgan fingerprint density at radius 3 is 1.95 bits per heavy atom. The van der Waals surface area contributed by atoms with Crippen molar-refractivity contribution < 1.29 is 14.9 Å². The Bertz CT molecular complexity index is 1530. The number of nitrogens with one attached hydrogen (secondary N) is 1. The molecule has 6 heteroatoms. The fourth-order valence-electron chi connectivity index (χ4n) is 4.71. The second-order valence-electron chi connectivity index (χ2n) is 9.89. The van der Waals surface area contributed by atoms with Crippen molar-refractivity contribution in [2.75, 3.05) is 0 Å². The number of hydrogen-bond donors (Lipinski definition) is 3. The van der Waals surface area contributed by atoms with E-state index in [4.69, 9.17) is 4.74 Å². The first-order chi connectivity index (χ1) is 18.8. The number of ether oxygens (including phenoxy) is 1. The van der Waals surface area contributed by atoms with Crippen molar-refractivity contribution in [1.29, 1.82) is 0 Å². The molecule has 0 unspecified atom stereocenters. The predicted octanol–water partition coefficient (Wildman–Crippen LogP) is 8.02. The number of hydrogen-bond acceptors (Lipinski definition) is 5. The van der Waals surface area contributed by atoms with Gasteiger partial charge in [-0.3, -0.25) is 0 Å². The van der Waals surface area contributed by atoms with Crippen molar-refractivity contribution in [3.63, 3.8) is 0 Å². The molecule has 0 atom stereocenters. The second-order valence-corrected chi connectivity index (χ2v) is 9.89. The van der Waals surface area contributed by atoms with Gasteiger partial charge in [-0.2, -0.15) is 15.4 Å². The van der Waals surface area contributed by atoms with Gasteiger partial charge in [0.1, 0.15) is 22.8 Å². The highest BCUT2D eigenvalue weighted by Gasteiger charge is 2.18. The Kier molecular flexibility index (Phi) is 8.87. The minimum Gasteiger partial charge on any atom is -0.508 e. The number of nitrogens with zero attached hydrogens (tertiary/aromatic N) is 2. The van der Waals surface area contributed by atoms with E-state index in [-0.39, 0.29) is 11.5 Å². The topological polar surface area (TPSA) is 91.3 Å². The lowest BCUT2D eigenvalue weighted by molar-refractivity contribution is 0.463. The van der Waals surface area contributed by atoms with Gasteiger partial charge >= 0.3 is 0 Å². The van der Waals surface area contributed by atoms with E-state index in [0.29, 0.717) is 6.42 Å². The van der Waals surface area contributed by atoms with E-state index in [1.54, 1.807) is 24.3 Å². The quantitative estimate of drug-likeness (QED) is 0.201. The number of aromatic hydroxyl groups is 2. The van der Waals surface area contributed by atoms with Crippen LogP contribution in [-0.4, -0.2) is 25.6 Å². The highest BCUT2D eigenvalue weighted by atomic mass is 16.5. The third-order valence-corrected chi connectivity index (χ3v) is 7.42. The molecule has 5 aromatic rings. The molecule has 0 aliphatic rings. The fourth-order valence-corrected chi connectivity index (χ4v) is 4.71. The summed E-state index contributed by atoms with van der Waals surface area (Å²) in [5, 5.41) is 30.2. The first-order valence-corrected chi connectivity index (χ1v) is 13.4. The molecule has 0 spiro atoms. The number of H-pyrrole nitrogens is 1. The van der Waals surface area contributed by atoms with Gasteiger partial charge in [0, 0.05) is 6.42 Å². The van der Waals surface area contributed by atoms with Gasteiger partial charge < -0.3 is 14.9 Å². The average molecular weight is 524 g/mol. The monoisotopic (exact) mass is 523 g/mol. The van der Waals surface area contributed by atoms with E-state index in [0.717, 1.165) is 46.5 Å². The molecule has 0 amide bonds. The fraction of sp³-hybridized carbons (Fsp3) is 0.273. The molecule has 6 nitrogen and oxygen atoms in total. The van der Waals surface area contributed by atoms with Crippen molar-refractivity contribution in [3.8, 4) is 23.0 Å². The third kappa shape index (κ3) is 6.23. The maximum absolute atomic E-state index is 9.58. The Morgan fingerprint density at radius 2 is 1.33 bits per heavy atom. The molecule has 1 heterocycles. The van der Waals surface area contributed by atoms with Crippen LogP contribution in [0.2, 0.25) is 0 Å². The minimum atomic E-state index is 0.265. The van der Waals surface area contributed by atoms with Crippen LogP contribution >= 0.6 is 0 Å². The van der Waals surface area contributed by atoms with Gasteiger partial charge in [-0.05, 0) is 104 Å². The van der Waals surface area contributed by atoms with Crippen molar-refractivity contribution in [2.24, 2.45) is 0 Å². The van der Waals surface area contributed by atoms with Crippen LogP contribution in [0.3, 0.4) is 0 Å². The summed E-state index contributed by atoms with van der Waals surface area (Å²) < 4.78 is 6.40. The van der Waals surface area contributed by atoms with E-state index in [1.807, 2.05) is 42.5 Å². The van der Waals surface area contributed by atoms with Crippen LogP contribution in [0.15, 0.2) is 66.7 Å². The van der Waals surface area contributed by atoms with Crippen LogP contribution in [0.4, 0.5) is 0 Å². The Balaban J connectivity index is 0.000000202. The zero-order chi connectivity index (χ0) is 27.9. The molecule has 1 aromatic heterocycles. The van der Waals surface area contributed by atoms with Gasteiger partial charge in [0.25, 0.3) is 0 Å². The number of phenols is 2. The van der Waals surface area contributed by atoms with Crippen LogP contribution in [0.5, 0.6) is 23.0 Å². The first-order valence-electron chi connectivity index (χ1n) is 13.4. The van der Waals surface area contributed by atoms with Crippen LogP contribution in [0, 0.1) is 27.7 Å². The molecule has 0 aliphatic heterocycles. The summed E-state index contributed by atoms with van der Waals surface area (Å²) in [7, 11) is 0. The van der Waals surface area contributed by atoms with Gasteiger partial charge in [-0.15, -0.1) is 0 Å². The van der Waals surface area contributed by atoms with Gasteiger partial charge in [0.05, 0.1) is 0 Å². The Morgan fingerprint density at radius 1 is 0.718 bits per heavy atom. The molecule has 39 heavy (non-hydrogen) atoms. The number of phenolic OH excluding ortho intramolecular Hbond substituents is 2. The lowest BCUT2D eigenvalue weighted by atomic mass is 9.90. The summed E-state index contributed by atoms with van der Waals surface area (Å²) in [6, 6.07) is 20.1. The minimum absolute atomic E-state index is 0.265. The molecule has 0 radical (unpaired) electrons. The Labute approximate surface area is 230 Å². The Hall–Kier alpha value is -4.32. The smallest absolute Gasteiger partial charge is 0.157 e. The van der Waals surface area contributed by atoms with E-state index in [1.165, 1.54) is 34.2 Å². The normalized spacial score (nSPS) is 10.8. The first kappa shape index (κ1) is 27.7. The number of rotatable bonds is 7. The molecule has 4 aromatic carbocycles. The highest BCUT2D eigenvalue weighted by molar-refractivity contribution is 5.80. The number of aromatic nitrogens is 3. The number of fused-ring (bicyclic) bond motifs is 1. The van der Waals surface area contributed by atoms with Crippen LogP contribution in [-0.2, 0) is 12.8 Å². The van der Waals surface area contributed by atoms with E-state index in [9.17, 15) is 10.2 Å². The summed E-state index contributed by atoms with van der Waals surface area (Å²) in [5.74, 6) is 2.27. The van der Waals surface area contributed by atoms with Crippen LogP contribution in [0.1, 0.15) is 58.7 Å². The van der Waals surface area contributed by atoms with Crippen molar-refractivity contribution in [2.45, 2.75) is 60.3 Å². The molecule has 5 rings (SSSR count). The molecule has 202 valence electrons. The standard InChI is InChI=1S/C20H25N3O.C13H12O2/c1-6-7-9-16-14(4)12(2)13(3)15(5)20(16)24-18-11-8-10-17-19(18)22-23-21-17;14-12-7-3-1-5-10(12)9-11-6-2-4-8-13(11)15/h8,10-11H,6-7,9H2,1-5H3,(H,21,22,23);1-8,14-15H,9H2. The van der Waals surface area contributed by atoms with Crippen molar-refractivity contribution in [3.05, 3.63) is 106 Å². The van der Waals surface area contributed by atoms with E-state index < -0.39 is 0 Å². The zero-order valence-corrected chi connectivity index (χ0v) is 23.4.